The van der Waals surface area contributed by atoms with E-state index in [1.807, 2.05) is 6.92 Å². The van der Waals surface area contributed by atoms with Gasteiger partial charge in [-0.3, -0.25) is 9.69 Å². The number of hydrogen-bond donors (Lipinski definition) is 2. The molecular weight excluding hydrogens is 630 g/mol. The quantitative estimate of drug-likeness (QED) is 0.198. The number of amides is 1. The Hall–Kier alpha value is -3.58. The number of halogens is 3. The molecule has 0 aliphatic carbocycles. The van der Waals surface area contributed by atoms with Gasteiger partial charge in [0.2, 0.25) is 10.0 Å². The third kappa shape index (κ3) is 7.99. The number of sulfonamides is 1. The number of aliphatic hydroxyl groups is 1. The van der Waals surface area contributed by atoms with Crippen molar-refractivity contribution in [2.24, 2.45) is 0 Å². The minimum atomic E-state index is -4.25. The zero-order valence-corrected chi connectivity index (χ0v) is 26.4. The van der Waals surface area contributed by atoms with Crippen molar-refractivity contribution >= 4 is 39.4 Å². The number of alkyl halides is 2. The molecule has 3 aromatic rings. The van der Waals surface area contributed by atoms with Crippen LogP contribution in [0.15, 0.2) is 77.7 Å². The van der Waals surface area contributed by atoms with Gasteiger partial charge in [-0.1, -0.05) is 73.0 Å². The van der Waals surface area contributed by atoms with E-state index in [4.69, 9.17) is 21.1 Å². The summed E-state index contributed by atoms with van der Waals surface area (Å²) in [5.41, 5.74) is -2.27. The van der Waals surface area contributed by atoms with Gasteiger partial charge in [0.1, 0.15) is 12.6 Å². The topological polar surface area (TPSA) is 122 Å². The van der Waals surface area contributed by atoms with Crippen LogP contribution in [0.5, 0.6) is 0 Å². The van der Waals surface area contributed by atoms with Crippen LogP contribution in [-0.4, -0.2) is 57.3 Å². The molecule has 0 fully saturated rings. The summed E-state index contributed by atoms with van der Waals surface area (Å²) in [5, 5.41) is 11.6. The lowest BCUT2D eigenvalue weighted by Crippen LogP contribution is -2.51. The van der Waals surface area contributed by atoms with Gasteiger partial charge < -0.3 is 14.6 Å². The second-order valence-electron chi connectivity index (χ2n) is 10.9. The fraction of sp³-hybridized carbons (Fsp3) is 0.375. The highest BCUT2D eigenvalue weighted by molar-refractivity contribution is 7.89. The number of ether oxygens (including phenoxy) is 2. The van der Waals surface area contributed by atoms with Gasteiger partial charge in [-0.15, -0.1) is 0 Å². The van der Waals surface area contributed by atoms with E-state index in [2.05, 4.69) is 4.72 Å². The lowest BCUT2D eigenvalue weighted by molar-refractivity contribution is -0.214. The molecule has 242 valence electrons. The molecule has 1 aliphatic heterocycles. The third-order valence-electron chi connectivity index (χ3n) is 7.51. The van der Waals surface area contributed by atoms with Gasteiger partial charge >= 0.3 is 12.1 Å². The smallest absolute Gasteiger partial charge is 0.414 e. The van der Waals surface area contributed by atoms with E-state index >= 15 is 8.78 Å². The number of fused-ring (bicyclic) bond motifs is 1. The maximum absolute atomic E-state index is 15.8. The number of esters is 1. The maximum Gasteiger partial charge on any atom is 0.414 e. The van der Waals surface area contributed by atoms with E-state index in [1.165, 1.54) is 24.3 Å². The van der Waals surface area contributed by atoms with Crippen LogP contribution in [0.4, 0.5) is 19.3 Å². The lowest BCUT2D eigenvalue weighted by atomic mass is 9.86. The van der Waals surface area contributed by atoms with Gasteiger partial charge in [-0.2, -0.15) is 4.72 Å². The van der Waals surface area contributed by atoms with Crippen molar-refractivity contribution in [1.29, 1.82) is 0 Å². The van der Waals surface area contributed by atoms with Crippen LogP contribution < -0.4 is 9.62 Å². The summed E-state index contributed by atoms with van der Waals surface area (Å²) in [6.45, 7) is 2.00. The van der Waals surface area contributed by atoms with E-state index in [-0.39, 0.29) is 28.6 Å². The Balaban J connectivity index is 1.65. The van der Waals surface area contributed by atoms with E-state index < -0.39 is 64.8 Å². The maximum atomic E-state index is 15.8. The summed E-state index contributed by atoms with van der Waals surface area (Å²) in [5.74, 6) is -5.11. The minimum absolute atomic E-state index is 0.0108. The van der Waals surface area contributed by atoms with Crippen molar-refractivity contribution in [1.82, 2.24) is 4.72 Å². The molecule has 1 amide bonds. The van der Waals surface area contributed by atoms with Gasteiger partial charge in [0.15, 0.2) is 5.60 Å². The predicted octanol–water partition coefficient (Wildman–Crippen LogP) is 5.75. The fourth-order valence-corrected chi connectivity index (χ4v) is 6.23. The summed E-state index contributed by atoms with van der Waals surface area (Å²) in [4.78, 5) is 27.2. The van der Waals surface area contributed by atoms with Crippen molar-refractivity contribution in [2.75, 3.05) is 24.7 Å². The van der Waals surface area contributed by atoms with Crippen molar-refractivity contribution in [3.8, 4) is 0 Å². The Morgan fingerprint density at radius 1 is 1.07 bits per heavy atom. The molecule has 0 radical (unpaired) electrons. The average molecular weight is 665 g/mol. The molecule has 45 heavy (non-hydrogen) atoms. The normalized spacial score (nSPS) is 18.4. The summed E-state index contributed by atoms with van der Waals surface area (Å²) < 4.78 is 70.9. The highest BCUT2D eigenvalue weighted by Gasteiger charge is 2.58. The van der Waals surface area contributed by atoms with Gasteiger partial charge in [-0.25, -0.2) is 22.0 Å². The molecule has 1 aliphatic rings. The summed E-state index contributed by atoms with van der Waals surface area (Å²) in [6, 6.07) is 16.6. The summed E-state index contributed by atoms with van der Waals surface area (Å²) >= 11 is 6.15. The number of anilines is 1. The molecule has 0 unspecified atom stereocenters. The van der Waals surface area contributed by atoms with E-state index in [0.717, 1.165) is 23.0 Å². The van der Waals surface area contributed by atoms with Crippen molar-refractivity contribution < 1.29 is 41.4 Å². The second kappa shape index (κ2) is 14.2. The molecular formula is C32H35ClF2N2O7S. The molecule has 2 N–H and O–H groups in total. The third-order valence-corrected chi connectivity index (χ3v) is 9.24. The first-order valence-corrected chi connectivity index (χ1v) is 16.3. The molecule has 13 heteroatoms. The molecule has 3 aromatic carbocycles. The number of benzene rings is 3. The standard InChI is InChI=1S/C32H35ClF2N2O7S/c1-3-4-18-43-30(39)37-17-16-32(34,35)31(40,26-20-24(33)12-15-28(26)37)21-44-29(38)27(19-23-8-6-5-7-9-23)36-45(41,42)25-13-10-22(2)11-14-25/h5-15,20,27,36,40H,3-4,16-19,21H2,1-2H3/t27-,31+/m0/s1. The Labute approximate surface area is 266 Å². The molecule has 0 saturated carbocycles. The van der Waals surface area contributed by atoms with Crippen LogP contribution >= 0.6 is 11.6 Å². The largest absolute Gasteiger partial charge is 0.461 e. The van der Waals surface area contributed by atoms with Crippen LogP contribution in [0.3, 0.4) is 0 Å². The van der Waals surface area contributed by atoms with Crippen LogP contribution in [0, 0.1) is 6.92 Å². The number of rotatable bonds is 11. The van der Waals surface area contributed by atoms with Crippen molar-refractivity contribution in [3.05, 3.63) is 94.5 Å². The van der Waals surface area contributed by atoms with Crippen LogP contribution in [0.1, 0.15) is 42.9 Å². The molecule has 0 bridgehead atoms. The van der Waals surface area contributed by atoms with Gasteiger partial charge in [0.25, 0.3) is 5.92 Å². The second-order valence-corrected chi connectivity index (χ2v) is 13.0. The first kappa shape index (κ1) is 34.3. The number of nitrogens with zero attached hydrogens (tertiary/aromatic N) is 1. The van der Waals surface area contributed by atoms with Crippen molar-refractivity contribution in [3.63, 3.8) is 0 Å². The number of aryl methyl sites for hydroxylation is 1. The highest BCUT2D eigenvalue weighted by atomic mass is 35.5. The number of carbonyl (C=O) groups is 2. The monoisotopic (exact) mass is 664 g/mol. The molecule has 9 nitrogen and oxygen atoms in total. The van der Waals surface area contributed by atoms with Gasteiger partial charge in [-0.05, 0) is 55.7 Å². The molecule has 1 heterocycles. The number of hydrogen-bond acceptors (Lipinski definition) is 7. The number of unbranched alkanes of at least 4 members (excludes halogenated alkanes) is 1. The van der Waals surface area contributed by atoms with Gasteiger partial charge in [0, 0.05) is 23.6 Å². The van der Waals surface area contributed by atoms with Gasteiger partial charge in [0.05, 0.1) is 17.2 Å². The van der Waals surface area contributed by atoms with Crippen LogP contribution in [0.2, 0.25) is 5.02 Å². The zero-order chi connectivity index (χ0) is 32.8. The SMILES string of the molecule is CCCCOC(=O)N1CCC(F)(F)[C@@](O)(COC(=O)[C@H](Cc2ccccc2)NS(=O)(=O)c2ccc(C)cc2)c2cc(Cl)ccc21. The van der Waals surface area contributed by atoms with Crippen LogP contribution in [-0.2, 0) is 36.3 Å². The number of nitrogens with one attached hydrogen (secondary N) is 1. The first-order valence-electron chi connectivity index (χ1n) is 14.4. The Bertz CT molecular complexity index is 1610. The summed E-state index contributed by atoms with van der Waals surface area (Å²) in [6.07, 6.45) is -0.725. The van der Waals surface area contributed by atoms with Crippen molar-refractivity contribution in [2.45, 2.75) is 62.0 Å². The molecule has 2 atom stereocenters. The molecule has 0 saturated heterocycles. The first-order chi connectivity index (χ1) is 21.3. The molecule has 0 spiro atoms. The fourth-order valence-electron chi connectivity index (χ4n) is 4.88. The summed E-state index contributed by atoms with van der Waals surface area (Å²) in [7, 11) is -4.25. The number of carbonyl (C=O) groups excluding carboxylic acids is 2. The van der Waals surface area contributed by atoms with Crippen LogP contribution in [0.25, 0.3) is 0 Å². The zero-order valence-electron chi connectivity index (χ0n) is 24.8. The average Bonchev–Trinajstić information content (AvgIpc) is 3.08. The Morgan fingerprint density at radius 2 is 1.76 bits per heavy atom. The predicted molar refractivity (Wildman–Crippen MR) is 165 cm³/mol. The molecule has 4 rings (SSSR count). The lowest BCUT2D eigenvalue weighted by Gasteiger charge is -2.35. The van der Waals surface area contributed by atoms with E-state index in [1.54, 1.807) is 49.4 Å². The minimum Gasteiger partial charge on any atom is -0.461 e. The Morgan fingerprint density at radius 3 is 2.42 bits per heavy atom. The van der Waals surface area contributed by atoms with E-state index in [0.29, 0.717) is 12.0 Å². The highest BCUT2D eigenvalue weighted by Crippen LogP contribution is 2.47. The molecule has 0 aromatic heterocycles. The Kier molecular flexibility index (Phi) is 10.9. The van der Waals surface area contributed by atoms with E-state index in [9.17, 15) is 23.1 Å².